The number of nitrogens with zero attached hydrogens (tertiary/aromatic N) is 1. The molecule has 3 atom stereocenters. The number of alkyl halides is 1. The molecule has 1 amide bonds. The largest absolute Gasteiger partial charge is 0.351 e. The molecule has 3 unspecified atom stereocenters. The lowest BCUT2D eigenvalue weighted by Crippen LogP contribution is -2.48. The number of amides is 1. The van der Waals surface area contributed by atoms with Gasteiger partial charge in [0.1, 0.15) is 0 Å². The molecule has 0 aliphatic carbocycles. The van der Waals surface area contributed by atoms with Crippen LogP contribution in [0.4, 0.5) is 0 Å². The average molecular weight is 275 g/mol. The maximum atomic E-state index is 11.6. The number of halogens is 1. The Balaban J connectivity index is 1.90. The van der Waals surface area contributed by atoms with Crippen LogP contribution >= 0.6 is 15.9 Å². The van der Waals surface area contributed by atoms with Gasteiger partial charge in [0.2, 0.25) is 5.91 Å². The molecule has 2 rings (SSSR count). The van der Waals surface area contributed by atoms with Crippen molar-refractivity contribution in [2.24, 2.45) is 0 Å². The minimum absolute atomic E-state index is 0.0739. The number of hydrogen-bond donors (Lipinski definition) is 1. The summed E-state index contributed by atoms with van der Waals surface area (Å²) in [4.78, 5) is 14.1. The van der Waals surface area contributed by atoms with E-state index in [0.717, 1.165) is 13.0 Å². The van der Waals surface area contributed by atoms with Crippen molar-refractivity contribution in [1.29, 1.82) is 0 Å². The van der Waals surface area contributed by atoms with Crippen LogP contribution < -0.4 is 5.32 Å². The average Bonchev–Trinajstić information content (AvgIpc) is 2.62. The quantitative estimate of drug-likeness (QED) is 0.775. The Kier molecular flexibility index (Phi) is 3.67. The molecule has 1 N–H and O–H groups in total. The lowest BCUT2D eigenvalue weighted by molar-refractivity contribution is -0.121. The maximum Gasteiger partial charge on any atom is 0.233 e. The van der Waals surface area contributed by atoms with Crippen molar-refractivity contribution in [2.75, 3.05) is 13.1 Å². The third kappa shape index (κ3) is 2.53. The minimum atomic E-state index is -0.0739. The van der Waals surface area contributed by atoms with Crippen LogP contribution in [0.2, 0.25) is 0 Å². The summed E-state index contributed by atoms with van der Waals surface area (Å²) in [5.41, 5.74) is 0. The fourth-order valence-electron chi connectivity index (χ4n) is 2.71. The molecule has 2 heterocycles. The predicted octanol–water partition coefficient (Wildman–Crippen LogP) is 1.51. The molecule has 0 radical (unpaired) electrons. The Morgan fingerprint density at radius 3 is 2.93 bits per heavy atom. The summed E-state index contributed by atoms with van der Waals surface area (Å²) in [6.07, 6.45) is 5.02. The first kappa shape index (κ1) is 11.4. The fraction of sp³-hybridized carbons (Fsp3) is 0.909. The molecule has 0 bridgehead atoms. The SMILES string of the molecule is CC(Br)C(=O)NC1CCN2CCCCC12. The molecular weight excluding hydrogens is 256 g/mol. The van der Waals surface area contributed by atoms with Crippen LogP contribution in [0.5, 0.6) is 0 Å². The number of rotatable bonds is 2. The van der Waals surface area contributed by atoms with Crippen molar-refractivity contribution >= 4 is 21.8 Å². The van der Waals surface area contributed by atoms with Crippen LogP contribution in [0, 0.1) is 0 Å². The van der Waals surface area contributed by atoms with E-state index in [1.165, 1.54) is 25.8 Å². The zero-order valence-electron chi connectivity index (χ0n) is 9.21. The van der Waals surface area contributed by atoms with E-state index < -0.39 is 0 Å². The highest BCUT2D eigenvalue weighted by atomic mass is 79.9. The summed E-state index contributed by atoms with van der Waals surface area (Å²) in [5.74, 6) is 0.132. The molecule has 86 valence electrons. The Bertz CT molecular complexity index is 245. The molecule has 4 heteroatoms. The molecule has 0 aromatic carbocycles. The Labute approximate surface area is 99.7 Å². The molecule has 2 aliphatic rings. The van der Waals surface area contributed by atoms with Gasteiger partial charge in [-0.1, -0.05) is 22.4 Å². The molecular formula is C11H19BrN2O. The number of hydrogen-bond acceptors (Lipinski definition) is 2. The van der Waals surface area contributed by atoms with Crippen LogP contribution in [0.25, 0.3) is 0 Å². The Morgan fingerprint density at radius 2 is 2.20 bits per heavy atom. The summed E-state index contributed by atoms with van der Waals surface area (Å²) in [6.45, 7) is 4.26. The normalized spacial score (nSPS) is 33.5. The summed E-state index contributed by atoms with van der Waals surface area (Å²) in [7, 11) is 0. The second-order valence-electron chi connectivity index (χ2n) is 4.62. The van der Waals surface area contributed by atoms with Gasteiger partial charge in [-0.2, -0.15) is 0 Å². The molecule has 0 saturated carbocycles. The number of carbonyl (C=O) groups excluding carboxylic acids is 1. The van der Waals surface area contributed by atoms with E-state index in [-0.39, 0.29) is 10.7 Å². The van der Waals surface area contributed by atoms with Gasteiger partial charge in [0.25, 0.3) is 0 Å². The molecule has 3 nitrogen and oxygen atoms in total. The number of fused-ring (bicyclic) bond motifs is 1. The molecule has 2 fully saturated rings. The molecule has 2 saturated heterocycles. The van der Waals surface area contributed by atoms with Gasteiger partial charge in [0.05, 0.1) is 4.83 Å². The second kappa shape index (κ2) is 4.83. The second-order valence-corrected chi connectivity index (χ2v) is 5.99. The highest BCUT2D eigenvalue weighted by Gasteiger charge is 2.36. The van der Waals surface area contributed by atoms with E-state index in [0.29, 0.717) is 12.1 Å². The minimum Gasteiger partial charge on any atom is -0.351 e. The number of nitrogens with one attached hydrogen (secondary N) is 1. The predicted molar refractivity (Wildman–Crippen MR) is 64.1 cm³/mol. The summed E-state index contributed by atoms with van der Waals surface area (Å²) in [6, 6.07) is 0.992. The lowest BCUT2D eigenvalue weighted by Gasteiger charge is -2.32. The maximum absolute atomic E-state index is 11.6. The molecule has 0 spiro atoms. The van der Waals surface area contributed by atoms with Crippen molar-refractivity contribution in [3.8, 4) is 0 Å². The number of piperidine rings is 1. The van der Waals surface area contributed by atoms with Gasteiger partial charge in [-0.25, -0.2) is 0 Å². The third-order valence-electron chi connectivity index (χ3n) is 3.54. The van der Waals surface area contributed by atoms with Crippen LogP contribution in [0.3, 0.4) is 0 Å². The van der Waals surface area contributed by atoms with E-state index >= 15 is 0 Å². The zero-order valence-corrected chi connectivity index (χ0v) is 10.8. The van der Waals surface area contributed by atoms with Crippen molar-refractivity contribution in [2.45, 2.75) is 49.5 Å². The summed E-state index contributed by atoms with van der Waals surface area (Å²) < 4.78 is 0. The van der Waals surface area contributed by atoms with E-state index in [4.69, 9.17) is 0 Å². The standard InChI is InChI=1S/C11H19BrN2O/c1-8(12)11(15)13-9-5-7-14-6-3-2-4-10(9)14/h8-10H,2-7H2,1H3,(H,13,15). The first-order valence-electron chi connectivity index (χ1n) is 5.87. The van der Waals surface area contributed by atoms with Gasteiger partial charge in [-0.05, 0) is 32.7 Å². The van der Waals surface area contributed by atoms with Gasteiger partial charge in [-0.3, -0.25) is 9.69 Å². The first-order valence-corrected chi connectivity index (χ1v) is 6.78. The van der Waals surface area contributed by atoms with Crippen molar-refractivity contribution in [1.82, 2.24) is 10.2 Å². The van der Waals surface area contributed by atoms with E-state index in [9.17, 15) is 4.79 Å². The smallest absolute Gasteiger partial charge is 0.233 e. The molecule has 0 aromatic heterocycles. The first-order chi connectivity index (χ1) is 7.18. The topological polar surface area (TPSA) is 32.3 Å². The van der Waals surface area contributed by atoms with Crippen LogP contribution in [0.1, 0.15) is 32.6 Å². The molecule has 2 aliphatic heterocycles. The Hall–Kier alpha value is -0.0900. The van der Waals surface area contributed by atoms with Gasteiger partial charge in [-0.15, -0.1) is 0 Å². The van der Waals surface area contributed by atoms with Crippen LogP contribution in [-0.4, -0.2) is 40.8 Å². The Morgan fingerprint density at radius 1 is 1.40 bits per heavy atom. The van der Waals surface area contributed by atoms with Crippen LogP contribution in [-0.2, 0) is 4.79 Å². The molecule has 15 heavy (non-hydrogen) atoms. The van der Waals surface area contributed by atoms with E-state index in [2.05, 4.69) is 26.1 Å². The zero-order chi connectivity index (χ0) is 10.8. The monoisotopic (exact) mass is 274 g/mol. The third-order valence-corrected chi connectivity index (χ3v) is 3.96. The van der Waals surface area contributed by atoms with Gasteiger partial charge in [0.15, 0.2) is 0 Å². The van der Waals surface area contributed by atoms with Gasteiger partial charge in [0, 0.05) is 18.6 Å². The molecule has 0 aromatic rings. The summed E-state index contributed by atoms with van der Waals surface area (Å²) in [5, 5.41) is 3.15. The lowest BCUT2D eigenvalue weighted by atomic mass is 9.99. The van der Waals surface area contributed by atoms with Crippen molar-refractivity contribution in [3.63, 3.8) is 0 Å². The van der Waals surface area contributed by atoms with E-state index in [1.54, 1.807) is 0 Å². The van der Waals surface area contributed by atoms with E-state index in [1.807, 2.05) is 6.92 Å². The number of carbonyl (C=O) groups is 1. The van der Waals surface area contributed by atoms with Crippen molar-refractivity contribution in [3.05, 3.63) is 0 Å². The highest BCUT2D eigenvalue weighted by molar-refractivity contribution is 9.10. The fourth-order valence-corrected chi connectivity index (χ4v) is 2.85. The van der Waals surface area contributed by atoms with Crippen LogP contribution in [0.15, 0.2) is 0 Å². The van der Waals surface area contributed by atoms with Gasteiger partial charge >= 0.3 is 0 Å². The van der Waals surface area contributed by atoms with Gasteiger partial charge < -0.3 is 5.32 Å². The summed E-state index contributed by atoms with van der Waals surface area (Å²) >= 11 is 3.31. The highest BCUT2D eigenvalue weighted by Crippen LogP contribution is 2.27. The van der Waals surface area contributed by atoms with Crippen molar-refractivity contribution < 1.29 is 4.79 Å².